The van der Waals surface area contributed by atoms with Gasteiger partial charge in [0.15, 0.2) is 5.78 Å². The van der Waals surface area contributed by atoms with Gasteiger partial charge in [-0.1, -0.05) is 137 Å². The van der Waals surface area contributed by atoms with Crippen molar-refractivity contribution < 1.29 is 9.53 Å². The van der Waals surface area contributed by atoms with Crippen molar-refractivity contribution in [2.75, 3.05) is 12.0 Å². The van der Waals surface area contributed by atoms with Gasteiger partial charge >= 0.3 is 0 Å². The van der Waals surface area contributed by atoms with Crippen LogP contribution in [0.25, 0.3) is 49.4 Å². The molecule has 0 saturated carbocycles. The molecule has 0 radical (unpaired) electrons. The lowest BCUT2D eigenvalue weighted by molar-refractivity contribution is -0.111. The number of carbonyl (C=O) groups excluding carboxylic acids is 1. The number of carbonyl (C=O) groups is 1. The number of allylic oxidation sites excluding steroid dienone is 2. The molecule has 7 aromatic carbocycles. The monoisotopic (exact) mass is 689 g/mol. The molecule has 2 aliphatic rings. The Labute approximate surface area is 312 Å². The van der Waals surface area contributed by atoms with Crippen LogP contribution in [0.4, 0.5) is 17.1 Å². The highest BCUT2D eigenvalue weighted by molar-refractivity contribution is 6.30. The van der Waals surface area contributed by atoms with Crippen LogP contribution in [-0.4, -0.2) is 12.9 Å². The van der Waals surface area contributed by atoms with E-state index in [0.717, 1.165) is 44.2 Å². The van der Waals surface area contributed by atoms with E-state index in [2.05, 4.69) is 166 Å². The lowest BCUT2D eigenvalue weighted by Gasteiger charge is -2.32. The van der Waals surface area contributed by atoms with Gasteiger partial charge in [-0.3, -0.25) is 4.79 Å². The Kier molecular flexibility index (Phi) is 7.33. The second-order valence-electron chi connectivity index (χ2n) is 15.6. The fourth-order valence-corrected chi connectivity index (χ4v) is 9.39. The normalized spacial score (nSPS) is 15.0. The van der Waals surface area contributed by atoms with Gasteiger partial charge in [-0.15, -0.1) is 0 Å². The molecule has 0 unspecified atom stereocenters. The number of ether oxygens (including phenoxy) is 1. The van der Waals surface area contributed by atoms with Crippen molar-refractivity contribution in [2.24, 2.45) is 0 Å². The van der Waals surface area contributed by atoms with E-state index in [0.29, 0.717) is 11.3 Å². The van der Waals surface area contributed by atoms with Crippen molar-refractivity contribution in [3.05, 3.63) is 167 Å². The maximum atomic E-state index is 13.5. The molecule has 0 saturated heterocycles. The molecule has 0 amide bonds. The molecule has 0 spiro atoms. The van der Waals surface area contributed by atoms with E-state index in [1.54, 1.807) is 14.0 Å². The lowest BCUT2D eigenvalue weighted by atomic mass is 9.82. The van der Waals surface area contributed by atoms with Crippen molar-refractivity contribution >= 4 is 50.0 Å². The Morgan fingerprint density at radius 2 is 0.906 bits per heavy atom. The summed E-state index contributed by atoms with van der Waals surface area (Å²) < 4.78 is 5.77. The molecule has 0 N–H and O–H groups in total. The van der Waals surface area contributed by atoms with Crippen molar-refractivity contribution in [3.8, 4) is 22.3 Å². The van der Waals surface area contributed by atoms with Gasteiger partial charge in [-0.2, -0.15) is 0 Å². The maximum absolute atomic E-state index is 13.5. The van der Waals surface area contributed by atoms with Crippen LogP contribution >= 0.6 is 0 Å². The van der Waals surface area contributed by atoms with Crippen LogP contribution in [0.1, 0.15) is 69.4 Å². The SMILES string of the molecule is CO/C(C)=C(\C(C)=O)c1c2ccccc2c(N(c2ccc3c(c2)C(C)(C)c2ccccc2-3)c2ccc3c(c2)C(C)(C)c2ccccc2-3)c2ccccc12. The van der Waals surface area contributed by atoms with Crippen molar-refractivity contribution in [1.82, 2.24) is 0 Å². The summed E-state index contributed by atoms with van der Waals surface area (Å²) in [6.45, 7) is 12.9. The van der Waals surface area contributed by atoms with Gasteiger partial charge in [0.1, 0.15) is 5.76 Å². The second kappa shape index (κ2) is 11.8. The van der Waals surface area contributed by atoms with E-state index in [1.807, 2.05) is 6.92 Å². The first-order valence-corrected chi connectivity index (χ1v) is 18.5. The zero-order valence-electron chi connectivity index (χ0n) is 31.5. The van der Waals surface area contributed by atoms with Crippen LogP contribution in [0.3, 0.4) is 0 Å². The van der Waals surface area contributed by atoms with E-state index in [-0.39, 0.29) is 16.6 Å². The molecule has 0 fully saturated rings. The Morgan fingerprint density at radius 3 is 1.34 bits per heavy atom. The maximum Gasteiger partial charge on any atom is 0.163 e. The van der Waals surface area contributed by atoms with E-state index in [9.17, 15) is 4.79 Å². The topological polar surface area (TPSA) is 29.5 Å². The van der Waals surface area contributed by atoms with E-state index in [1.165, 1.54) is 44.5 Å². The van der Waals surface area contributed by atoms with Crippen LogP contribution in [0.2, 0.25) is 0 Å². The third-order valence-corrected chi connectivity index (χ3v) is 12.0. The van der Waals surface area contributed by atoms with Crippen molar-refractivity contribution in [2.45, 2.75) is 52.4 Å². The number of benzene rings is 7. The summed E-state index contributed by atoms with van der Waals surface area (Å²) in [5, 5.41) is 4.15. The molecule has 3 heteroatoms. The van der Waals surface area contributed by atoms with Gasteiger partial charge in [0.25, 0.3) is 0 Å². The summed E-state index contributed by atoms with van der Waals surface area (Å²) >= 11 is 0. The molecule has 0 atom stereocenters. The zero-order valence-corrected chi connectivity index (χ0v) is 31.5. The highest BCUT2D eigenvalue weighted by Gasteiger charge is 2.38. The third kappa shape index (κ3) is 4.69. The van der Waals surface area contributed by atoms with Crippen LogP contribution in [0.15, 0.2) is 139 Å². The molecule has 2 aliphatic carbocycles. The summed E-state index contributed by atoms with van der Waals surface area (Å²) in [6, 6.07) is 48.7. The first-order valence-electron chi connectivity index (χ1n) is 18.5. The standard InChI is InChI=1S/C50H43NO2/c1-30(52)46(31(2)53-7)47-38-18-8-10-20-40(38)48(41-21-11-9-19-39(41)47)51(32-24-26-36-34-16-12-14-22-42(34)49(3,4)44(36)28-32)33-25-27-37-35-17-13-15-23-43(35)50(5,6)45(37)29-33/h8-29H,1-7H3/b46-31+. The number of anilines is 3. The number of methoxy groups -OCH3 is 1. The fourth-order valence-electron chi connectivity index (χ4n) is 9.39. The van der Waals surface area contributed by atoms with Crippen molar-refractivity contribution in [1.29, 1.82) is 0 Å². The Bertz CT molecular complexity index is 2550. The van der Waals surface area contributed by atoms with Crippen LogP contribution in [-0.2, 0) is 20.4 Å². The zero-order chi connectivity index (χ0) is 36.8. The summed E-state index contributed by atoms with van der Waals surface area (Å²) in [7, 11) is 1.64. The van der Waals surface area contributed by atoms with Crippen LogP contribution in [0.5, 0.6) is 0 Å². The average molecular weight is 690 g/mol. The first kappa shape index (κ1) is 32.9. The lowest BCUT2D eigenvalue weighted by Crippen LogP contribution is -2.18. The summed E-state index contributed by atoms with van der Waals surface area (Å²) in [5.74, 6) is 0.586. The molecule has 0 aromatic heterocycles. The Balaban J connectivity index is 1.39. The Morgan fingerprint density at radius 1 is 0.509 bits per heavy atom. The molecule has 9 rings (SSSR count). The van der Waals surface area contributed by atoms with Gasteiger partial charge in [-0.05, 0) is 93.4 Å². The number of nitrogens with zero attached hydrogens (tertiary/aromatic N) is 1. The van der Waals surface area contributed by atoms with Gasteiger partial charge in [0.05, 0.1) is 18.4 Å². The number of Topliss-reactive ketones (excluding diaryl/α,β-unsaturated/α-hetero) is 1. The summed E-state index contributed by atoms with van der Waals surface area (Å²) in [4.78, 5) is 15.9. The first-order chi connectivity index (χ1) is 25.5. The Hall–Kier alpha value is -5.93. The average Bonchev–Trinajstić information content (AvgIpc) is 3.54. The number of fused-ring (bicyclic) bond motifs is 8. The minimum atomic E-state index is -0.165. The summed E-state index contributed by atoms with van der Waals surface area (Å²) in [6.07, 6.45) is 0. The molecular weight excluding hydrogens is 647 g/mol. The molecule has 53 heavy (non-hydrogen) atoms. The molecule has 7 aromatic rings. The molecular formula is C50H43NO2. The highest BCUT2D eigenvalue weighted by atomic mass is 16.5. The highest BCUT2D eigenvalue weighted by Crippen LogP contribution is 2.55. The minimum Gasteiger partial charge on any atom is -0.501 e. The molecule has 0 bridgehead atoms. The van der Waals surface area contributed by atoms with Gasteiger partial charge in [0.2, 0.25) is 0 Å². The largest absolute Gasteiger partial charge is 0.501 e. The second-order valence-corrected chi connectivity index (χ2v) is 15.6. The predicted octanol–water partition coefficient (Wildman–Crippen LogP) is 13.0. The van der Waals surface area contributed by atoms with E-state index >= 15 is 0 Å². The number of hydrogen-bond acceptors (Lipinski definition) is 3. The predicted molar refractivity (Wildman–Crippen MR) is 222 cm³/mol. The smallest absolute Gasteiger partial charge is 0.163 e. The number of ketones is 1. The van der Waals surface area contributed by atoms with Gasteiger partial charge in [0, 0.05) is 38.5 Å². The number of hydrogen-bond donors (Lipinski definition) is 0. The molecule has 3 nitrogen and oxygen atoms in total. The number of rotatable bonds is 6. The molecule has 0 heterocycles. The summed E-state index contributed by atoms with van der Waals surface area (Å²) in [5.41, 5.74) is 15.0. The fraction of sp³-hybridized carbons (Fsp3) is 0.180. The van der Waals surface area contributed by atoms with Gasteiger partial charge < -0.3 is 9.64 Å². The molecule has 260 valence electrons. The molecule has 0 aliphatic heterocycles. The van der Waals surface area contributed by atoms with E-state index < -0.39 is 0 Å². The van der Waals surface area contributed by atoms with E-state index in [4.69, 9.17) is 4.74 Å². The minimum absolute atomic E-state index is 0.0231. The third-order valence-electron chi connectivity index (χ3n) is 12.0. The van der Waals surface area contributed by atoms with Gasteiger partial charge in [-0.25, -0.2) is 0 Å². The van der Waals surface area contributed by atoms with Crippen molar-refractivity contribution in [3.63, 3.8) is 0 Å². The quantitative estimate of drug-likeness (QED) is 0.0989. The van der Waals surface area contributed by atoms with Crippen LogP contribution < -0.4 is 4.90 Å². The van der Waals surface area contributed by atoms with Crippen LogP contribution in [0, 0.1) is 0 Å².